The fourth-order valence-corrected chi connectivity index (χ4v) is 5.12. The van der Waals surface area contributed by atoms with Crippen molar-refractivity contribution in [2.45, 2.75) is 50.4 Å². The van der Waals surface area contributed by atoms with Crippen LogP contribution in [-0.2, 0) is 10.0 Å². The minimum absolute atomic E-state index is 0.0952. The van der Waals surface area contributed by atoms with Crippen molar-refractivity contribution >= 4 is 27.0 Å². The second-order valence-corrected chi connectivity index (χ2v) is 9.20. The molecule has 0 bridgehead atoms. The monoisotopic (exact) mass is 368 g/mol. The molecule has 1 N–H and O–H groups in total. The first-order valence-corrected chi connectivity index (χ1v) is 10.0. The minimum Gasteiger partial charge on any atom is -0.364 e. The molecule has 4 rings (SSSR count). The molecule has 1 unspecified atom stereocenters. The molecule has 1 aliphatic carbocycles. The molecule has 0 amide bonds. The minimum atomic E-state index is -3.18. The molecule has 0 aromatic carbocycles. The van der Waals surface area contributed by atoms with Crippen LogP contribution in [0.5, 0.6) is 0 Å². The zero-order valence-corrected chi connectivity index (χ0v) is 15.0. The summed E-state index contributed by atoms with van der Waals surface area (Å²) in [6, 6.07) is -0.0203. The summed E-state index contributed by atoms with van der Waals surface area (Å²) in [5, 5.41) is 2.95. The van der Waals surface area contributed by atoms with E-state index in [0.717, 1.165) is 12.8 Å². The van der Waals surface area contributed by atoms with E-state index in [2.05, 4.69) is 20.3 Å². The van der Waals surface area contributed by atoms with Crippen molar-refractivity contribution in [3.63, 3.8) is 0 Å². The van der Waals surface area contributed by atoms with Crippen LogP contribution in [0.4, 0.5) is 10.2 Å². The molecule has 8 nitrogen and oxygen atoms in total. The highest BCUT2D eigenvalue weighted by Gasteiger charge is 2.42. The second-order valence-electron chi connectivity index (χ2n) is 6.99. The smallest absolute Gasteiger partial charge is 0.312 e. The number of hydrogen-bond donors (Lipinski definition) is 1. The van der Waals surface area contributed by atoms with Crippen LogP contribution in [0.25, 0.3) is 11.2 Å². The summed E-state index contributed by atoms with van der Waals surface area (Å²) >= 11 is 0. The Morgan fingerprint density at radius 2 is 2.04 bits per heavy atom. The van der Waals surface area contributed by atoms with E-state index in [4.69, 9.17) is 0 Å². The number of anilines is 1. The van der Waals surface area contributed by atoms with Crippen molar-refractivity contribution in [2.24, 2.45) is 0 Å². The van der Waals surface area contributed by atoms with E-state index >= 15 is 0 Å². The van der Waals surface area contributed by atoms with Gasteiger partial charge >= 0.3 is 6.08 Å². The highest BCUT2D eigenvalue weighted by molar-refractivity contribution is 7.90. The largest absolute Gasteiger partial charge is 0.364 e. The average Bonchev–Trinajstić information content (AvgIpc) is 3.15. The van der Waals surface area contributed by atoms with Gasteiger partial charge in [-0.05, 0) is 33.1 Å². The number of imidazole rings is 1. The van der Waals surface area contributed by atoms with E-state index in [-0.39, 0.29) is 17.3 Å². The van der Waals surface area contributed by atoms with Crippen molar-refractivity contribution in [3.8, 4) is 0 Å². The summed E-state index contributed by atoms with van der Waals surface area (Å²) in [7, 11) is -3.18. The zero-order chi connectivity index (χ0) is 17.8. The molecule has 2 aliphatic rings. The molecular formula is C15H21FN6O2S. The Morgan fingerprint density at radius 1 is 1.28 bits per heavy atom. The molecule has 2 fully saturated rings. The quantitative estimate of drug-likeness (QED) is 0.805. The predicted molar refractivity (Wildman–Crippen MR) is 91.2 cm³/mol. The molecule has 1 aliphatic heterocycles. The van der Waals surface area contributed by atoms with Crippen molar-refractivity contribution < 1.29 is 12.8 Å². The van der Waals surface area contributed by atoms with Gasteiger partial charge in [-0.2, -0.15) is 18.7 Å². The third-order valence-electron chi connectivity index (χ3n) is 4.75. The maximum absolute atomic E-state index is 13.9. The van der Waals surface area contributed by atoms with Gasteiger partial charge in [-0.1, -0.05) is 0 Å². The third-order valence-corrected chi connectivity index (χ3v) is 7.11. The van der Waals surface area contributed by atoms with E-state index in [0.29, 0.717) is 36.5 Å². The van der Waals surface area contributed by atoms with Crippen LogP contribution < -0.4 is 5.32 Å². The van der Waals surface area contributed by atoms with Gasteiger partial charge in [0.15, 0.2) is 17.0 Å². The fraction of sp³-hybridized carbons (Fsp3) is 0.667. The van der Waals surface area contributed by atoms with E-state index in [1.165, 1.54) is 4.31 Å². The van der Waals surface area contributed by atoms with Crippen LogP contribution in [0, 0.1) is 6.08 Å². The molecule has 10 heteroatoms. The van der Waals surface area contributed by atoms with Crippen LogP contribution in [0.2, 0.25) is 0 Å². The second kappa shape index (κ2) is 5.87. The lowest BCUT2D eigenvalue weighted by Crippen LogP contribution is -2.34. The summed E-state index contributed by atoms with van der Waals surface area (Å²) < 4.78 is 41.8. The zero-order valence-electron chi connectivity index (χ0n) is 14.2. The van der Waals surface area contributed by atoms with E-state index in [1.54, 1.807) is 10.9 Å². The number of sulfonamides is 1. The lowest BCUT2D eigenvalue weighted by atomic mass is 10.2. The van der Waals surface area contributed by atoms with Gasteiger partial charge in [0, 0.05) is 25.2 Å². The Morgan fingerprint density at radius 3 is 2.72 bits per heavy atom. The summed E-state index contributed by atoms with van der Waals surface area (Å²) in [6.45, 7) is 4.78. The Labute approximate surface area is 145 Å². The first kappa shape index (κ1) is 16.6. The highest BCUT2D eigenvalue weighted by Crippen LogP contribution is 2.33. The Kier molecular flexibility index (Phi) is 3.91. The number of fused-ring (bicyclic) bond motifs is 1. The maximum Gasteiger partial charge on any atom is 0.312 e. The van der Waals surface area contributed by atoms with E-state index < -0.39 is 16.1 Å². The van der Waals surface area contributed by atoms with Gasteiger partial charge in [-0.3, -0.25) is 0 Å². The molecular weight excluding hydrogens is 347 g/mol. The van der Waals surface area contributed by atoms with Gasteiger partial charge in [0.2, 0.25) is 10.0 Å². The number of aromatic nitrogens is 4. The number of rotatable bonds is 5. The Balaban J connectivity index is 1.57. The molecule has 1 saturated heterocycles. The van der Waals surface area contributed by atoms with E-state index in [1.807, 2.05) is 13.8 Å². The first-order valence-electron chi connectivity index (χ1n) is 8.52. The summed E-state index contributed by atoms with van der Waals surface area (Å²) in [5.41, 5.74) is 0.934. The normalized spacial score (nSPS) is 22.2. The molecule has 0 spiro atoms. The summed E-state index contributed by atoms with van der Waals surface area (Å²) in [5.74, 6) is 0.317. The topological polar surface area (TPSA) is 93.0 Å². The Bertz CT molecular complexity index is 908. The lowest BCUT2D eigenvalue weighted by molar-refractivity contribution is 0.473. The van der Waals surface area contributed by atoms with Gasteiger partial charge in [-0.15, -0.1) is 0 Å². The first-order chi connectivity index (χ1) is 11.9. The third kappa shape index (κ3) is 2.97. The maximum atomic E-state index is 13.9. The molecule has 2 aromatic rings. The van der Waals surface area contributed by atoms with Crippen LogP contribution in [0.15, 0.2) is 6.33 Å². The number of halogens is 1. The fourth-order valence-electron chi connectivity index (χ4n) is 3.22. The van der Waals surface area contributed by atoms with Gasteiger partial charge in [0.05, 0.1) is 11.6 Å². The van der Waals surface area contributed by atoms with Crippen LogP contribution >= 0.6 is 0 Å². The molecule has 1 atom stereocenters. The number of nitrogens with one attached hydrogen (secondary N) is 1. The van der Waals surface area contributed by atoms with Crippen molar-refractivity contribution in [1.29, 1.82) is 0 Å². The van der Waals surface area contributed by atoms with Crippen molar-refractivity contribution in [1.82, 2.24) is 23.8 Å². The van der Waals surface area contributed by atoms with Crippen molar-refractivity contribution in [3.05, 3.63) is 12.4 Å². The molecule has 25 heavy (non-hydrogen) atoms. The molecule has 0 radical (unpaired) electrons. The molecule has 2 aromatic heterocycles. The standard InChI is InChI=1S/C15H21FN6O2S/c1-9(2)22-8-17-12-13(19-15(16)20-14(12)22)18-10-5-6-21(7-10)25(23,24)11-3-4-11/h8-11H,3-7H2,1-2H3,(H,18,19,20). The van der Waals surface area contributed by atoms with Crippen LogP contribution in [0.1, 0.15) is 39.2 Å². The van der Waals surface area contributed by atoms with Gasteiger partial charge in [0.25, 0.3) is 0 Å². The van der Waals surface area contributed by atoms with Crippen LogP contribution in [-0.4, -0.2) is 56.6 Å². The lowest BCUT2D eigenvalue weighted by Gasteiger charge is -2.17. The summed E-state index contributed by atoms with van der Waals surface area (Å²) in [6.07, 6.45) is 2.96. The highest BCUT2D eigenvalue weighted by atomic mass is 32.2. The van der Waals surface area contributed by atoms with Crippen LogP contribution in [0.3, 0.4) is 0 Å². The summed E-state index contributed by atoms with van der Waals surface area (Å²) in [4.78, 5) is 12.0. The molecule has 136 valence electrons. The molecule has 3 heterocycles. The van der Waals surface area contributed by atoms with E-state index in [9.17, 15) is 12.8 Å². The number of hydrogen-bond acceptors (Lipinski definition) is 6. The van der Waals surface area contributed by atoms with Crippen molar-refractivity contribution in [2.75, 3.05) is 18.4 Å². The van der Waals surface area contributed by atoms with Gasteiger partial charge < -0.3 is 9.88 Å². The predicted octanol–water partition coefficient (Wildman–Crippen LogP) is 1.52. The average molecular weight is 368 g/mol. The molecule has 1 saturated carbocycles. The van der Waals surface area contributed by atoms with Gasteiger partial charge in [-0.25, -0.2) is 13.4 Å². The SMILES string of the molecule is CC(C)n1cnc2c(NC3CCN(S(=O)(=O)C4CC4)C3)nc(F)nc21. The Hall–Kier alpha value is -1.81. The number of nitrogens with zero attached hydrogens (tertiary/aromatic N) is 5. The van der Waals surface area contributed by atoms with Gasteiger partial charge in [0.1, 0.15) is 0 Å².